The Morgan fingerprint density at radius 3 is 2.48 bits per heavy atom. The molecule has 2 aromatic rings. The highest BCUT2D eigenvalue weighted by Gasteiger charge is 2.32. The van der Waals surface area contributed by atoms with Gasteiger partial charge in [0.1, 0.15) is 5.02 Å². The van der Waals surface area contributed by atoms with Crippen molar-refractivity contribution >= 4 is 34.9 Å². The molecule has 1 saturated carbocycles. The number of halogens is 1. The van der Waals surface area contributed by atoms with Crippen molar-refractivity contribution in [2.75, 3.05) is 5.32 Å². The molecule has 140 valence electrons. The van der Waals surface area contributed by atoms with Gasteiger partial charge < -0.3 is 10.1 Å². The maximum absolute atomic E-state index is 12.8. The van der Waals surface area contributed by atoms with E-state index >= 15 is 0 Å². The Morgan fingerprint density at radius 2 is 1.89 bits per heavy atom. The lowest BCUT2D eigenvalue weighted by molar-refractivity contribution is -0.384. The summed E-state index contributed by atoms with van der Waals surface area (Å²) in [4.78, 5) is 35.4. The molecule has 1 amide bonds. The van der Waals surface area contributed by atoms with Crippen molar-refractivity contribution in [3.8, 4) is 0 Å². The van der Waals surface area contributed by atoms with Gasteiger partial charge in [-0.3, -0.25) is 19.7 Å². The van der Waals surface area contributed by atoms with Crippen molar-refractivity contribution in [2.24, 2.45) is 5.92 Å². The quantitative estimate of drug-likeness (QED) is 0.452. The number of nitro benzene ring substituents is 1. The molecule has 3 rings (SSSR count). The molecule has 1 aliphatic carbocycles. The number of hydrogen-bond acceptors (Lipinski definition) is 5. The highest BCUT2D eigenvalue weighted by atomic mass is 35.5. The first-order valence-corrected chi connectivity index (χ1v) is 8.84. The SMILES string of the molecule is O=C(O[C@@H](C(=O)Nc1ccc(Cl)c([N+](=O)[O-])c1)c1ccccc1)C1CCC1. The molecule has 0 radical (unpaired) electrons. The number of carbonyl (C=O) groups is 2. The molecule has 0 unspecified atom stereocenters. The van der Waals surface area contributed by atoms with Crippen LogP contribution in [0.1, 0.15) is 30.9 Å². The zero-order valence-electron chi connectivity index (χ0n) is 14.3. The van der Waals surface area contributed by atoms with Crippen LogP contribution in [0.15, 0.2) is 48.5 Å². The first-order valence-electron chi connectivity index (χ1n) is 8.46. The summed E-state index contributed by atoms with van der Waals surface area (Å²) >= 11 is 5.79. The fourth-order valence-electron chi connectivity index (χ4n) is 2.70. The zero-order chi connectivity index (χ0) is 19.4. The molecule has 0 spiro atoms. The minimum absolute atomic E-state index is 0.0333. The monoisotopic (exact) mass is 388 g/mol. The molecule has 1 aliphatic rings. The summed E-state index contributed by atoms with van der Waals surface area (Å²) in [6.07, 6.45) is 1.33. The Labute approximate surface area is 160 Å². The van der Waals surface area contributed by atoms with Gasteiger partial charge in [-0.25, -0.2) is 0 Å². The lowest BCUT2D eigenvalue weighted by atomic mass is 9.85. The van der Waals surface area contributed by atoms with Crippen LogP contribution < -0.4 is 5.32 Å². The van der Waals surface area contributed by atoms with Gasteiger partial charge in [0, 0.05) is 17.3 Å². The van der Waals surface area contributed by atoms with Crippen LogP contribution in [0.25, 0.3) is 0 Å². The van der Waals surface area contributed by atoms with Gasteiger partial charge in [-0.05, 0) is 25.0 Å². The van der Waals surface area contributed by atoms with Crippen molar-refractivity contribution < 1.29 is 19.2 Å². The van der Waals surface area contributed by atoms with E-state index in [-0.39, 0.29) is 22.3 Å². The number of nitrogens with zero attached hydrogens (tertiary/aromatic N) is 1. The predicted molar refractivity (Wildman–Crippen MR) is 99.4 cm³/mol. The topological polar surface area (TPSA) is 98.5 Å². The van der Waals surface area contributed by atoms with E-state index in [1.54, 1.807) is 30.3 Å². The van der Waals surface area contributed by atoms with Crippen LogP contribution in [-0.2, 0) is 14.3 Å². The highest BCUT2D eigenvalue weighted by Crippen LogP contribution is 2.31. The Bertz CT molecular complexity index is 868. The highest BCUT2D eigenvalue weighted by molar-refractivity contribution is 6.32. The number of benzene rings is 2. The molecule has 8 heteroatoms. The number of anilines is 1. The lowest BCUT2D eigenvalue weighted by Crippen LogP contribution is -2.31. The van der Waals surface area contributed by atoms with Crippen molar-refractivity contribution in [2.45, 2.75) is 25.4 Å². The summed E-state index contributed by atoms with van der Waals surface area (Å²) in [5, 5.41) is 13.5. The largest absolute Gasteiger partial charge is 0.447 e. The van der Waals surface area contributed by atoms with Crippen molar-refractivity contribution in [1.29, 1.82) is 0 Å². The van der Waals surface area contributed by atoms with Gasteiger partial charge in [-0.2, -0.15) is 0 Å². The summed E-state index contributed by atoms with van der Waals surface area (Å²) in [6.45, 7) is 0. The molecule has 0 bridgehead atoms. The van der Waals surface area contributed by atoms with Gasteiger partial charge in [0.05, 0.1) is 10.8 Å². The smallest absolute Gasteiger partial charge is 0.310 e. The second kappa shape index (κ2) is 8.18. The average molecular weight is 389 g/mol. The molecular formula is C19H17ClN2O5. The fraction of sp³-hybridized carbons (Fsp3) is 0.263. The van der Waals surface area contributed by atoms with Crippen LogP contribution in [0, 0.1) is 16.0 Å². The minimum atomic E-state index is -1.14. The summed E-state index contributed by atoms with van der Waals surface area (Å²) in [6, 6.07) is 12.6. The molecule has 2 aromatic carbocycles. The van der Waals surface area contributed by atoms with Gasteiger partial charge in [-0.1, -0.05) is 48.4 Å². The van der Waals surface area contributed by atoms with Crippen LogP contribution in [0.5, 0.6) is 0 Å². The molecule has 1 fully saturated rings. The number of amides is 1. The van der Waals surface area contributed by atoms with Gasteiger partial charge >= 0.3 is 5.97 Å². The van der Waals surface area contributed by atoms with Gasteiger partial charge in [0.25, 0.3) is 11.6 Å². The number of carbonyl (C=O) groups excluding carboxylic acids is 2. The number of ether oxygens (including phenoxy) is 1. The number of hydrogen-bond donors (Lipinski definition) is 1. The van der Waals surface area contributed by atoms with E-state index in [1.165, 1.54) is 12.1 Å². The molecule has 1 atom stereocenters. The summed E-state index contributed by atoms with van der Waals surface area (Å²) in [5.74, 6) is -1.18. The first-order chi connectivity index (χ1) is 13.0. The third-order valence-corrected chi connectivity index (χ3v) is 4.74. The van der Waals surface area contributed by atoms with Gasteiger partial charge in [0.2, 0.25) is 6.10 Å². The Morgan fingerprint density at radius 1 is 1.19 bits per heavy atom. The van der Waals surface area contributed by atoms with E-state index in [1.807, 2.05) is 0 Å². The number of esters is 1. The van der Waals surface area contributed by atoms with E-state index < -0.39 is 22.9 Å². The van der Waals surface area contributed by atoms with Crippen LogP contribution in [0.4, 0.5) is 11.4 Å². The Balaban J connectivity index is 1.81. The second-order valence-corrected chi connectivity index (χ2v) is 6.68. The molecule has 27 heavy (non-hydrogen) atoms. The van der Waals surface area contributed by atoms with E-state index in [0.717, 1.165) is 25.3 Å². The molecule has 0 heterocycles. The molecular weight excluding hydrogens is 372 g/mol. The number of rotatable bonds is 6. The third-order valence-electron chi connectivity index (χ3n) is 4.42. The van der Waals surface area contributed by atoms with E-state index in [4.69, 9.17) is 16.3 Å². The Hall–Kier alpha value is -2.93. The average Bonchev–Trinajstić information content (AvgIpc) is 2.60. The summed E-state index contributed by atoms with van der Waals surface area (Å²) < 4.78 is 5.46. The van der Waals surface area contributed by atoms with Crippen LogP contribution in [-0.4, -0.2) is 16.8 Å². The fourth-order valence-corrected chi connectivity index (χ4v) is 2.88. The third kappa shape index (κ3) is 4.43. The lowest BCUT2D eigenvalue weighted by Gasteiger charge is -2.26. The van der Waals surface area contributed by atoms with Crippen LogP contribution in [0.3, 0.4) is 0 Å². The zero-order valence-corrected chi connectivity index (χ0v) is 15.0. The summed E-state index contributed by atoms with van der Waals surface area (Å²) in [7, 11) is 0. The molecule has 0 aliphatic heterocycles. The van der Waals surface area contributed by atoms with Gasteiger partial charge in [0.15, 0.2) is 0 Å². The minimum Gasteiger partial charge on any atom is -0.447 e. The van der Waals surface area contributed by atoms with Crippen molar-refractivity contribution in [1.82, 2.24) is 0 Å². The standard InChI is InChI=1S/C19H17ClN2O5/c20-15-10-9-14(11-16(15)22(25)26)21-18(23)17(12-5-2-1-3-6-12)27-19(24)13-7-4-8-13/h1-3,5-6,9-11,13,17H,4,7-8H2,(H,21,23)/t17-/m1/s1. The van der Waals surface area contributed by atoms with E-state index in [9.17, 15) is 19.7 Å². The number of nitrogens with one attached hydrogen (secondary N) is 1. The predicted octanol–water partition coefficient (Wildman–Crippen LogP) is 4.27. The normalized spacial score (nSPS) is 14.7. The molecule has 0 saturated heterocycles. The molecule has 7 nitrogen and oxygen atoms in total. The maximum Gasteiger partial charge on any atom is 0.310 e. The van der Waals surface area contributed by atoms with E-state index in [2.05, 4.69) is 5.32 Å². The maximum atomic E-state index is 12.8. The first kappa shape index (κ1) is 18.8. The van der Waals surface area contributed by atoms with Crippen LogP contribution in [0.2, 0.25) is 5.02 Å². The molecule has 1 N–H and O–H groups in total. The number of nitro groups is 1. The Kier molecular flexibility index (Phi) is 5.71. The van der Waals surface area contributed by atoms with Crippen molar-refractivity contribution in [3.05, 3.63) is 69.2 Å². The van der Waals surface area contributed by atoms with Gasteiger partial charge in [-0.15, -0.1) is 0 Å². The van der Waals surface area contributed by atoms with E-state index in [0.29, 0.717) is 5.56 Å². The summed E-state index contributed by atoms with van der Waals surface area (Å²) in [5.41, 5.74) is 0.389. The second-order valence-electron chi connectivity index (χ2n) is 6.27. The molecule has 0 aromatic heterocycles. The van der Waals surface area contributed by atoms with Crippen molar-refractivity contribution in [3.63, 3.8) is 0 Å². The van der Waals surface area contributed by atoms with Crippen LogP contribution >= 0.6 is 11.6 Å².